The largest absolute Gasteiger partial charge is 0.506 e. The molecule has 0 bridgehead atoms. The third-order valence-corrected chi connectivity index (χ3v) is 6.20. The fraction of sp³-hybridized carbons (Fsp3) is 0.111. The van der Waals surface area contributed by atoms with Crippen molar-refractivity contribution in [3.05, 3.63) is 75.2 Å². The molecule has 2 atom stereocenters. The molecule has 1 aromatic carbocycles. The lowest BCUT2D eigenvalue weighted by molar-refractivity contribution is 0.473. The SMILES string of the molecule is Oc1ccccc1N1C(=S)N[C@@H](c2ccccn2)[C@H]1c1cc(Br)cs1. The molecule has 4 nitrogen and oxygen atoms in total. The number of thiocarbonyl (C=S) groups is 1. The van der Waals surface area contributed by atoms with Gasteiger partial charge in [0.25, 0.3) is 0 Å². The van der Waals surface area contributed by atoms with Gasteiger partial charge < -0.3 is 15.3 Å². The van der Waals surface area contributed by atoms with E-state index in [4.69, 9.17) is 12.2 Å². The molecule has 7 heteroatoms. The Morgan fingerprint density at radius 3 is 2.68 bits per heavy atom. The Kier molecular flexibility index (Phi) is 4.45. The maximum atomic E-state index is 10.4. The molecule has 126 valence electrons. The highest BCUT2D eigenvalue weighted by Gasteiger charge is 2.42. The fourth-order valence-corrected chi connectivity index (χ4v) is 4.96. The zero-order chi connectivity index (χ0) is 17.4. The van der Waals surface area contributed by atoms with E-state index in [1.54, 1.807) is 29.7 Å². The van der Waals surface area contributed by atoms with Crippen LogP contribution in [0.4, 0.5) is 5.69 Å². The van der Waals surface area contributed by atoms with Gasteiger partial charge in [0.15, 0.2) is 5.11 Å². The number of anilines is 1. The number of aromatic nitrogens is 1. The van der Waals surface area contributed by atoms with E-state index in [9.17, 15) is 5.11 Å². The number of hydrogen-bond acceptors (Lipinski definition) is 4. The second-order valence-electron chi connectivity index (χ2n) is 5.65. The third-order valence-electron chi connectivity index (χ3n) is 4.12. The van der Waals surface area contributed by atoms with E-state index in [2.05, 4.69) is 37.7 Å². The number of nitrogens with zero attached hydrogens (tertiary/aromatic N) is 2. The molecule has 1 fully saturated rings. The summed E-state index contributed by atoms with van der Waals surface area (Å²) in [5.74, 6) is 0.203. The summed E-state index contributed by atoms with van der Waals surface area (Å²) in [4.78, 5) is 7.62. The van der Waals surface area contributed by atoms with Gasteiger partial charge in [0.05, 0.1) is 23.5 Å². The zero-order valence-electron chi connectivity index (χ0n) is 13.0. The molecule has 2 aromatic heterocycles. The van der Waals surface area contributed by atoms with Crippen LogP contribution in [0.1, 0.15) is 22.7 Å². The number of pyridine rings is 1. The van der Waals surface area contributed by atoms with Crippen LogP contribution in [0.3, 0.4) is 0 Å². The highest BCUT2D eigenvalue weighted by molar-refractivity contribution is 9.10. The normalized spacial score (nSPS) is 19.9. The minimum absolute atomic E-state index is 0.0907. The number of halogens is 1. The summed E-state index contributed by atoms with van der Waals surface area (Å²) < 4.78 is 1.03. The first-order valence-electron chi connectivity index (χ1n) is 7.68. The monoisotopic (exact) mass is 431 g/mol. The zero-order valence-corrected chi connectivity index (χ0v) is 16.2. The summed E-state index contributed by atoms with van der Waals surface area (Å²) in [5.41, 5.74) is 1.60. The van der Waals surface area contributed by atoms with Crippen LogP contribution >= 0.6 is 39.5 Å². The molecule has 1 saturated heterocycles. The molecular formula is C18H14BrN3OS2. The molecule has 0 amide bonds. The first kappa shape index (κ1) is 16.5. The standard InChI is InChI=1S/C18H14BrN3OS2/c19-11-9-15(25-10-11)17-16(12-5-3-4-8-20-12)21-18(24)22(17)13-6-1-2-7-14(13)23/h1-10,16-17,23H,(H,21,24)/t16-,17+/m0/s1. The molecular weight excluding hydrogens is 418 g/mol. The van der Waals surface area contributed by atoms with E-state index in [0.29, 0.717) is 10.8 Å². The molecule has 0 spiro atoms. The van der Waals surface area contributed by atoms with Crippen molar-refractivity contribution in [2.45, 2.75) is 12.1 Å². The first-order valence-corrected chi connectivity index (χ1v) is 9.76. The predicted molar refractivity (Wildman–Crippen MR) is 108 cm³/mol. The van der Waals surface area contributed by atoms with E-state index in [0.717, 1.165) is 15.0 Å². The summed E-state index contributed by atoms with van der Waals surface area (Å²) in [6, 6.07) is 15.0. The van der Waals surface area contributed by atoms with E-state index in [-0.39, 0.29) is 17.8 Å². The lowest BCUT2D eigenvalue weighted by Gasteiger charge is -2.27. The van der Waals surface area contributed by atoms with Crippen molar-refractivity contribution in [1.82, 2.24) is 10.3 Å². The van der Waals surface area contributed by atoms with Crippen molar-refractivity contribution in [3.63, 3.8) is 0 Å². The van der Waals surface area contributed by atoms with Crippen molar-refractivity contribution in [1.29, 1.82) is 0 Å². The molecule has 0 unspecified atom stereocenters. The van der Waals surface area contributed by atoms with Gasteiger partial charge in [-0.05, 0) is 58.5 Å². The number of phenolic OH excluding ortho intramolecular Hbond substituents is 1. The smallest absolute Gasteiger partial charge is 0.174 e. The topological polar surface area (TPSA) is 48.4 Å². The van der Waals surface area contributed by atoms with Crippen LogP contribution in [-0.4, -0.2) is 15.2 Å². The molecule has 0 aliphatic carbocycles. The van der Waals surface area contributed by atoms with Gasteiger partial charge in [-0.15, -0.1) is 11.3 Å². The minimum Gasteiger partial charge on any atom is -0.506 e. The third kappa shape index (κ3) is 3.03. The van der Waals surface area contributed by atoms with Crippen molar-refractivity contribution in [2.24, 2.45) is 0 Å². The Balaban J connectivity index is 1.85. The first-order chi connectivity index (χ1) is 12.1. The maximum Gasteiger partial charge on any atom is 0.174 e. The lowest BCUT2D eigenvalue weighted by Crippen LogP contribution is -2.29. The highest BCUT2D eigenvalue weighted by Crippen LogP contribution is 2.45. The molecule has 0 saturated carbocycles. The van der Waals surface area contributed by atoms with Crippen LogP contribution in [0.15, 0.2) is 64.6 Å². The van der Waals surface area contributed by atoms with E-state index in [1.165, 1.54) is 0 Å². The van der Waals surface area contributed by atoms with Gasteiger partial charge in [-0.2, -0.15) is 0 Å². The molecule has 0 radical (unpaired) electrons. The van der Waals surface area contributed by atoms with Crippen molar-refractivity contribution in [3.8, 4) is 5.75 Å². The van der Waals surface area contributed by atoms with Crippen LogP contribution in [0.2, 0.25) is 0 Å². The van der Waals surface area contributed by atoms with Crippen LogP contribution in [-0.2, 0) is 0 Å². The number of thiophene rings is 1. The van der Waals surface area contributed by atoms with E-state index in [1.807, 2.05) is 35.2 Å². The van der Waals surface area contributed by atoms with Crippen molar-refractivity contribution < 1.29 is 5.11 Å². The second-order valence-corrected chi connectivity index (χ2v) is 7.90. The summed E-state index contributed by atoms with van der Waals surface area (Å²) >= 11 is 10.8. The Morgan fingerprint density at radius 1 is 1.20 bits per heavy atom. The van der Waals surface area contributed by atoms with Gasteiger partial charge in [-0.3, -0.25) is 4.98 Å². The van der Waals surface area contributed by atoms with Crippen LogP contribution in [0.25, 0.3) is 0 Å². The Labute approximate surface area is 163 Å². The van der Waals surface area contributed by atoms with Gasteiger partial charge in [0.1, 0.15) is 5.75 Å². The molecule has 25 heavy (non-hydrogen) atoms. The number of aromatic hydroxyl groups is 1. The van der Waals surface area contributed by atoms with Crippen LogP contribution in [0, 0.1) is 0 Å². The van der Waals surface area contributed by atoms with Crippen molar-refractivity contribution in [2.75, 3.05) is 4.90 Å². The molecule has 2 N–H and O–H groups in total. The maximum absolute atomic E-state index is 10.4. The van der Waals surface area contributed by atoms with Gasteiger partial charge in [-0.25, -0.2) is 0 Å². The Hall–Kier alpha value is -1.96. The number of benzene rings is 1. The van der Waals surface area contributed by atoms with E-state index >= 15 is 0 Å². The van der Waals surface area contributed by atoms with E-state index < -0.39 is 0 Å². The second kappa shape index (κ2) is 6.74. The van der Waals surface area contributed by atoms with Gasteiger partial charge in [0.2, 0.25) is 0 Å². The summed E-state index contributed by atoms with van der Waals surface area (Å²) in [6.45, 7) is 0. The summed E-state index contributed by atoms with van der Waals surface area (Å²) in [7, 11) is 0. The highest BCUT2D eigenvalue weighted by atomic mass is 79.9. The Morgan fingerprint density at radius 2 is 2.00 bits per heavy atom. The minimum atomic E-state index is -0.0983. The van der Waals surface area contributed by atoms with Crippen molar-refractivity contribution >= 4 is 50.3 Å². The van der Waals surface area contributed by atoms with Crippen LogP contribution < -0.4 is 10.2 Å². The molecule has 1 aliphatic rings. The number of para-hydroxylation sites is 2. The average molecular weight is 432 g/mol. The lowest BCUT2D eigenvalue weighted by atomic mass is 10.0. The van der Waals surface area contributed by atoms with Gasteiger partial charge >= 0.3 is 0 Å². The predicted octanol–water partition coefficient (Wildman–Crippen LogP) is 4.79. The number of hydrogen-bond donors (Lipinski definition) is 2. The quantitative estimate of drug-likeness (QED) is 0.583. The number of nitrogens with one attached hydrogen (secondary N) is 1. The van der Waals surface area contributed by atoms with Crippen LogP contribution in [0.5, 0.6) is 5.75 Å². The fourth-order valence-electron chi connectivity index (χ4n) is 3.05. The Bertz CT molecular complexity index is 915. The number of phenols is 1. The molecule has 3 heterocycles. The van der Waals surface area contributed by atoms with Gasteiger partial charge in [0, 0.05) is 20.9 Å². The average Bonchev–Trinajstić information content (AvgIpc) is 3.19. The number of rotatable bonds is 3. The summed E-state index contributed by atoms with van der Waals surface area (Å²) in [5, 5.41) is 16.4. The molecule has 1 aliphatic heterocycles. The molecule has 4 rings (SSSR count). The van der Waals surface area contributed by atoms with Gasteiger partial charge in [-0.1, -0.05) is 18.2 Å². The summed E-state index contributed by atoms with van der Waals surface area (Å²) in [6.07, 6.45) is 1.78. The molecule has 3 aromatic rings.